The van der Waals surface area contributed by atoms with Crippen molar-refractivity contribution in [2.45, 2.75) is 40.8 Å². The van der Waals surface area contributed by atoms with Crippen molar-refractivity contribution in [3.8, 4) is 0 Å². The molecule has 0 spiro atoms. The van der Waals surface area contributed by atoms with Gasteiger partial charge >= 0.3 is 11.9 Å². The number of aryl methyl sites for hydroxylation is 2. The Balaban J connectivity index is 2.44. The van der Waals surface area contributed by atoms with Crippen LogP contribution in [0.4, 0.5) is 0 Å². The summed E-state index contributed by atoms with van der Waals surface area (Å²) in [5.41, 5.74) is -0.741. The van der Waals surface area contributed by atoms with Crippen LogP contribution in [0.5, 0.6) is 0 Å². The predicted molar refractivity (Wildman–Crippen MR) is 111 cm³/mol. The van der Waals surface area contributed by atoms with Crippen LogP contribution >= 0.6 is 0 Å². The molecular formula is C21H23N3O6. The van der Waals surface area contributed by atoms with Gasteiger partial charge in [-0.1, -0.05) is 0 Å². The van der Waals surface area contributed by atoms with E-state index in [9.17, 15) is 19.2 Å². The minimum atomic E-state index is -0.738. The van der Waals surface area contributed by atoms with Crippen LogP contribution in [0.3, 0.4) is 0 Å². The molecule has 3 aromatic heterocycles. The van der Waals surface area contributed by atoms with Gasteiger partial charge in [0.25, 0.3) is 0 Å². The molecule has 0 radical (unpaired) electrons. The molecule has 0 fully saturated rings. The Hall–Kier alpha value is -3.49. The van der Waals surface area contributed by atoms with Gasteiger partial charge in [-0.2, -0.15) is 0 Å². The van der Waals surface area contributed by atoms with Crippen molar-refractivity contribution in [2.75, 3.05) is 13.2 Å². The topological polar surface area (TPSA) is 109 Å². The average molecular weight is 413 g/mol. The molecule has 0 aliphatic carbocycles. The molecule has 3 aromatic rings. The van der Waals surface area contributed by atoms with Gasteiger partial charge in [-0.15, -0.1) is 0 Å². The first-order valence-corrected chi connectivity index (χ1v) is 9.83. The third-order valence-electron chi connectivity index (χ3n) is 4.75. The normalized spacial score (nSPS) is 11.1. The van der Waals surface area contributed by atoms with Gasteiger partial charge in [0.2, 0.25) is 10.9 Å². The predicted octanol–water partition coefficient (Wildman–Crippen LogP) is 2.10. The summed E-state index contributed by atoms with van der Waals surface area (Å²) in [5.74, 6) is -1.48. The molecule has 3 rings (SSSR count). The average Bonchev–Trinajstić information content (AvgIpc) is 2.74. The first-order chi connectivity index (χ1) is 14.4. The summed E-state index contributed by atoms with van der Waals surface area (Å²) in [6.45, 7) is 8.14. The lowest BCUT2D eigenvalue weighted by atomic mass is 10.1. The summed E-state index contributed by atoms with van der Waals surface area (Å²) in [7, 11) is 0. The molecule has 0 aromatic carbocycles. The molecule has 3 heterocycles. The van der Waals surface area contributed by atoms with Gasteiger partial charge in [-0.05, 0) is 33.8 Å². The Morgan fingerprint density at radius 1 is 0.800 bits per heavy atom. The van der Waals surface area contributed by atoms with Crippen LogP contribution in [0.1, 0.15) is 48.4 Å². The number of pyridine rings is 3. The van der Waals surface area contributed by atoms with Crippen LogP contribution in [0.2, 0.25) is 0 Å². The number of fused-ring (bicyclic) bond motifs is 2. The number of hydrogen-bond acceptors (Lipinski definition) is 7. The lowest BCUT2D eigenvalue weighted by Crippen LogP contribution is -2.24. The van der Waals surface area contributed by atoms with Crippen molar-refractivity contribution >= 4 is 34.0 Å². The molecule has 9 nitrogen and oxygen atoms in total. The van der Waals surface area contributed by atoms with Crippen molar-refractivity contribution in [3.05, 3.63) is 50.0 Å². The molecule has 0 aliphatic heterocycles. The standard InChI is InChI=1S/C21H23N3O6/c1-5-23-10-14(20(27)29-7-3)16(25)12-9-13-17(26)15(21(28)30-8-4)11-24(6-2)19(13)22-18(12)23/h9-11H,5-8H2,1-4H3. The fourth-order valence-electron chi connectivity index (χ4n) is 3.30. The van der Waals surface area contributed by atoms with Gasteiger partial charge in [0.05, 0.1) is 24.0 Å². The molecular weight excluding hydrogens is 390 g/mol. The number of rotatable bonds is 6. The van der Waals surface area contributed by atoms with E-state index in [1.807, 2.05) is 13.8 Å². The number of carbonyl (C=O) groups is 2. The second-order valence-corrected chi connectivity index (χ2v) is 6.49. The van der Waals surface area contributed by atoms with Crippen LogP contribution in [-0.2, 0) is 22.6 Å². The van der Waals surface area contributed by atoms with Crippen molar-refractivity contribution in [1.29, 1.82) is 0 Å². The highest BCUT2D eigenvalue weighted by molar-refractivity contribution is 5.98. The molecule has 158 valence electrons. The van der Waals surface area contributed by atoms with Crippen LogP contribution in [-0.4, -0.2) is 39.3 Å². The van der Waals surface area contributed by atoms with Gasteiger partial charge in [-0.3, -0.25) is 9.59 Å². The minimum absolute atomic E-state index is 0.107. The Kier molecular flexibility index (Phi) is 6.00. The molecule has 0 saturated heterocycles. The lowest BCUT2D eigenvalue weighted by molar-refractivity contribution is 0.0514. The molecule has 9 heteroatoms. The highest BCUT2D eigenvalue weighted by Crippen LogP contribution is 2.18. The zero-order chi connectivity index (χ0) is 22.0. The molecule has 0 saturated carbocycles. The Morgan fingerprint density at radius 3 is 1.53 bits per heavy atom. The Morgan fingerprint density at radius 2 is 1.20 bits per heavy atom. The fourth-order valence-corrected chi connectivity index (χ4v) is 3.30. The largest absolute Gasteiger partial charge is 0.462 e. The molecule has 0 N–H and O–H groups in total. The monoisotopic (exact) mass is 413 g/mol. The van der Waals surface area contributed by atoms with Crippen molar-refractivity contribution in [2.24, 2.45) is 0 Å². The van der Waals surface area contributed by atoms with Crippen LogP contribution in [0, 0.1) is 0 Å². The molecule has 0 bridgehead atoms. The van der Waals surface area contributed by atoms with Gasteiger partial charge in [0.1, 0.15) is 22.4 Å². The number of nitrogens with zero attached hydrogens (tertiary/aromatic N) is 3. The summed E-state index contributed by atoms with van der Waals surface area (Å²) in [6, 6.07) is 1.39. The van der Waals surface area contributed by atoms with Crippen molar-refractivity contribution in [1.82, 2.24) is 14.1 Å². The molecule has 0 atom stereocenters. The zero-order valence-electron chi connectivity index (χ0n) is 17.4. The molecule has 0 aliphatic rings. The van der Waals surface area contributed by atoms with Gasteiger partial charge < -0.3 is 18.6 Å². The quantitative estimate of drug-likeness (QED) is 0.450. The molecule has 0 unspecified atom stereocenters. The second kappa shape index (κ2) is 8.48. The van der Waals surface area contributed by atoms with E-state index in [0.29, 0.717) is 24.4 Å². The van der Waals surface area contributed by atoms with Crippen molar-refractivity contribution < 1.29 is 19.1 Å². The fraction of sp³-hybridized carbons (Fsp3) is 0.381. The Bertz CT molecular complexity index is 1180. The smallest absolute Gasteiger partial charge is 0.343 e. The second-order valence-electron chi connectivity index (χ2n) is 6.49. The Labute approximate surface area is 171 Å². The third-order valence-corrected chi connectivity index (χ3v) is 4.75. The molecule has 30 heavy (non-hydrogen) atoms. The maximum atomic E-state index is 13.0. The number of carbonyl (C=O) groups excluding carboxylic acids is 2. The SMILES string of the molecule is CCOC(=O)c1cn(CC)c2nc3c(cc2c1=O)c(=O)c(C(=O)OCC)cn3CC. The van der Waals surface area contributed by atoms with Crippen LogP contribution < -0.4 is 10.9 Å². The van der Waals surface area contributed by atoms with E-state index in [4.69, 9.17) is 9.47 Å². The summed E-state index contributed by atoms with van der Waals surface area (Å²) in [6.07, 6.45) is 2.84. The summed E-state index contributed by atoms with van der Waals surface area (Å²) >= 11 is 0. The van der Waals surface area contributed by atoms with Gasteiger partial charge in [0, 0.05) is 25.5 Å². The van der Waals surface area contributed by atoms with Gasteiger partial charge in [0.15, 0.2) is 0 Å². The highest BCUT2D eigenvalue weighted by atomic mass is 16.5. The summed E-state index contributed by atoms with van der Waals surface area (Å²) < 4.78 is 13.3. The number of esters is 2. The number of aromatic nitrogens is 3. The van der Waals surface area contributed by atoms with E-state index in [1.54, 1.807) is 23.0 Å². The van der Waals surface area contributed by atoms with Crippen LogP contribution in [0.15, 0.2) is 28.0 Å². The first kappa shape index (κ1) is 21.2. The zero-order valence-corrected chi connectivity index (χ0v) is 17.4. The summed E-state index contributed by atoms with van der Waals surface area (Å²) in [5, 5.41) is 0.214. The van der Waals surface area contributed by atoms with E-state index in [1.165, 1.54) is 18.5 Å². The first-order valence-electron chi connectivity index (χ1n) is 9.83. The van der Waals surface area contributed by atoms with E-state index >= 15 is 0 Å². The van der Waals surface area contributed by atoms with Crippen LogP contribution in [0.25, 0.3) is 22.1 Å². The highest BCUT2D eigenvalue weighted by Gasteiger charge is 2.21. The van der Waals surface area contributed by atoms with E-state index in [0.717, 1.165) is 0 Å². The van der Waals surface area contributed by atoms with E-state index in [-0.39, 0.29) is 35.1 Å². The maximum Gasteiger partial charge on any atom is 0.343 e. The maximum absolute atomic E-state index is 13.0. The lowest BCUT2D eigenvalue weighted by Gasteiger charge is -2.14. The molecule has 0 amide bonds. The number of ether oxygens (including phenoxy) is 2. The summed E-state index contributed by atoms with van der Waals surface area (Å²) in [4.78, 5) is 55.0. The van der Waals surface area contributed by atoms with E-state index in [2.05, 4.69) is 4.98 Å². The minimum Gasteiger partial charge on any atom is -0.462 e. The third kappa shape index (κ3) is 3.47. The van der Waals surface area contributed by atoms with Crippen molar-refractivity contribution in [3.63, 3.8) is 0 Å². The van der Waals surface area contributed by atoms with E-state index < -0.39 is 22.8 Å². The number of hydrogen-bond donors (Lipinski definition) is 0. The van der Waals surface area contributed by atoms with Gasteiger partial charge in [-0.25, -0.2) is 14.6 Å².